The van der Waals surface area contributed by atoms with Crippen molar-refractivity contribution in [2.24, 2.45) is 34.5 Å². The van der Waals surface area contributed by atoms with E-state index < -0.39 is 11.2 Å². The van der Waals surface area contributed by atoms with Gasteiger partial charge in [0.25, 0.3) is 0 Å². The van der Waals surface area contributed by atoms with Crippen LogP contribution in [-0.2, 0) is 33.2 Å². The number of ether oxygens (including phenoxy) is 6. The summed E-state index contributed by atoms with van der Waals surface area (Å²) in [5.74, 6) is 0.698. The summed E-state index contributed by atoms with van der Waals surface area (Å²) in [7, 11) is 5.52. The molecule has 35 heavy (non-hydrogen) atoms. The van der Waals surface area contributed by atoms with Crippen LogP contribution in [0.3, 0.4) is 0 Å². The third-order valence-corrected chi connectivity index (χ3v) is 12.1. The van der Waals surface area contributed by atoms with E-state index in [9.17, 15) is 4.79 Å². The number of nitrogens with zero attached hydrogens (tertiary/aromatic N) is 1. The van der Waals surface area contributed by atoms with Gasteiger partial charge < -0.3 is 28.4 Å². The second-order valence-electron chi connectivity index (χ2n) is 12.7. The molecule has 7 aliphatic rings. The summed E-state index contributed by atoms with van der Waals surface area (Å²) in [5.41, 5.74) is -1.61. The van der Waals surface area contributed by atoms with Gasteiger partial charge in [-0.25, -0.2) is 0 Å². The highest BCUT2D eigenvalue weighted by atomic mass is 16.7. The van der Waals surface area contributed by atoms with Crippen LogP contribution in [0.2, 0.25) is 0 Å². The molecule has 7 rings (SSSR count). The van der Waals surface area contributed by atoms with Crippen molar-refractivity contribution >= 4 is 5.97 Å². The van der Waals surface area contributed by atoms with Crippen LogP contribution in [0.5, 0.6) is 0 Å². The molecular formula is C27H41NO7. The Morgan fingerprint density at radius 3 is 2.60 bits per heavy atom. The van der Waals surface area contributed by atoms with E-state index in [2.05, 4.69) is 18.7 Å². The Labute approximate surface area is 208 Å². The van der Waals surface area contributed by atoms with Gasteiger partial charge in [-0.05, 0) is 37.1 Å². The van der Waals surface area contributed by atoms with Crippen molar-refractivity contribution in [2.75, 3.05) is 41.2 Å². The first kappa shape index (κ1) is 23.4. The quantitative estimate of drug-likeness (QED) is 0.542. The summed E-state index contributed by atoms with van der Waals surface area (Å²) in [6.07, 6.45) is 3.57. The Morgan fingerprint density at radius 2 is 1.94 bits per heavy atom. The molecule has 3 spiro atoms. The molecule has 0 aromatic carbocycles. The summed E-state index contributed by atoms with van der Waals surface area (Å²) < 4.78 is 39.2. The molecule has 196 valence electrons. The summed E-state index contributed by atoms with van der Waals surface area (Å²) >= 11 is 0. The summed E-state index contributed by atoms with van der Waals surface area (Å²) in [5, 5.41) is 0. The predicted octanol–water partition coefficient (Wildman–Crippen LogP) is 2.24. The lowest BCUT2D eigenvalue weighted by atomic mass is 9.43. The average molecular weight is 492 g/mol. The van der Waals surface area contributed by atoms with E-state index >= 15 is 0 Å². The second kappa shape index (κ2) is 7.20. The molecule has 13 atom stereocenters. The number of fused-ring (bicyclic) bond motifs is 1. The number of carbonyl (C=O) groups is 1. The van der Waals surface area contributed by atoms with Gasteiger partial charge in [0.1, 0.15) is 18.5 Å². The van der Waals surface area contributed by atoms with E-state index in [1.807, 2.05) is 21.3 Å². The second-order valence-corrected chi connectivity index (χ2v) is 12.7. The van der Waals surface area contributed by atoms with Crippen LogP contribution in [0.4, 0.5) is 0 Å². The highest BCUT2D eigenvalue weighted by Gasteiger charge is 2.94. The number of rotatable bonds is 5. The molecule has 1 unspecified atom stereocenters. The SMILES string of the molecule is CCN1C[C@]2(C)CCC(OC)[C@@]34[C@@H]5C[C@H]6[C@H](OC)[C@@H]5[C@@]5(C[C@@H]6OC)OCO[C@@]5([C@@H](OC(C)=O)[C@H]23)[C@@H]14. The Kier molecular flexibility index (Phi) is 4.81. The van der Waals surface area contributed by atoms with E-state index in [-0.39, 0.29) is 65.9 Å². The number of likely N-dealkylation sites (tertiary alicyclic amines) is 1. The number of hydrogen-bond acceptors (Lipinski definition) is 8. The zero-order chi connectivity index (χ0) is 24.5. The van der Waals surface area contributed by atoms with Crippen LogP contribution in [0.1, 0.15) is 46.5 Å². The lowest BCUT2D eigenvalue weighted by Crippen LogP contribution is -2.81. The maximum atomic E-state index is 12.8. The lowest BCUT2D eigenvalue weighted by molar-refractivity contribution is -0.282. The third kappa shape index (κ3) is 2.24. The molecule has 0 amide bonds. The van der Waals surface area contributed by atoms with E-state index in [0.717, 1.165) is 38.8 Å². The maximum absolute atomic E-state index is 12.8. The zero-order valence-corrected chi connectivity index (χ0v) is 22.0. The largest absolute Gasteiger partial charge is 0.459 e. The Balaban J connectivity index is 1.57. The predicted molar refractivity (Wildman–Crippen MR) is 124 cm³/mol. The van der Waals surface area contributed by atoms with Gasteiger partial charge in [0.15, 0.2) is 5.60 Å². The topological polar surface area (TPSA) is 75.7 Å². The summed E-state index contributed by atoms with van der Waals surface area (Å²) in [4.78, 5) is 15.4. The maximum Gasteiger partial charge on any atom is 0.303 e. The van der Waals surface area contributed by atoms with E-state index in [1.165, 1.54) is 0 Å². The minimum Gasteiger partial charge on any atom is -0.459 e. The van der Waals surface area contributed by atoms with Crippen molar-refractivity contribution in [1.29, 1.82) is 0 Å². The first-order valence-electron chi connectivity index (χ1n) is 13.6. The number of piperidine rings is 1. The number of esters is 1. The summed E-state index contributed by atoms with van der Waals surface area (Å²) in [6.45, 7) is 8.34. The third-order valence-electron chi connectivity index (χ3n) is 12.1. The van der Waals surface area contributed by atoms with Crippen LogP contribution in [0.15, 0.2) is 0 Å². The zero-order valence-electron chi connectivity index (χ0n) is 22.0. The van der Waals surface area contributed by atoms with Crippen molar-refractivity contribution in [3.63, 3.8) is 0 Å². The molecule has 8 nitrogen and oxygen atoms in total. The first-order chi connectivity index (χ1) is 16.8. The lowest BCUT2D eigenvalue weighted by Gasteiger charge is -2.69. The number of hydrogen-bond donors (Lipinski definition) is 0. The van der Waals surface area contributed by atoms with Gasteiger partial charge in [-0.2, -0.15) is 0 Å². The van der Waals surface area contributed by atoms with Gasteiger partial charge in [-0.15, -0.1) is 0 Å². The number of carbonyl (C=O) groups excluding carboxylic acids is 1. The normalized spacial score (nSPS) is 59.4. The van der Waals surface area contributed by atoms with Crippen LogP contribution >= 0.6 is 0 Å². The minimum absolute atomic E-state index is 0.00174. The van der Waals surface area contributed by atoms with Crippen LogP contribution < -0.4 is 0 Å². The highest BCUT2D eigenvalue weighted by molar-refractivity contribution is 5.67. The molecule has 5 saturated carbocycles. The van der Waals surface area contributed by atoms with E-state index in [4.69, 9.17) is 28.4 Å². The van der Waals surface area contributed by atoms with Gasteiger partial charge in [0.2, 0.25) is 0 Å². The standard InChI is InChI=1S/C27H41NO7/c1-7-28-12-24(3)9-8-18(31-5)26-16-10-15-17(30-4)11-25(19(16)20(15)32-6)27(23(26)28,34-13-33-25)22(21(24)26)35-14(2)29/h15-23H,7-13H2,1-6H3/t15-,16-,17+,18?,19-,20+,21-,22+,23+,24+,25-,26+,27+/m1/s1. The van der Waals surface area contributed by atoms with Crippen molar-refractivity contribution in [3.8, 4) is 0 Å². The minimum atomic E-state index is -0.776. The molecule has 0 N–H and O–H groups in total. The van der Waals surface area contributed by atoms with Gasteiger partial charge >= 0.3 is 5.97 Å². The number of likely N-dealkylation sites (N-methyl/N-ethyl adjacent to an activating group) is 1. The molecule has 8 heteroatoms. The average Bonchev–Trinajstić information content (AvgIpc) is 3.41. The Morgan fingerprint density at radius 1 is 1.14 bits per heavy atom. The van der Waals surface area contributed by atoms with Gasteiger partial charge in [-0.3, -0.25) is 9.69 Å². The molecule has 2 heterocycles. The Bertz CT molecular complexity index is 931. The van der Waals surface area contributed by atoms with Crippen molar-refractivity contribution in [3.05, 3.63) is 0 Å². The van der Waals surface area contributed by atoms with Gasteiger partial charge in [0, 0.05) is 64.4 Å². The van der Waals surface area contributed by atoms with Crippen LogP contribution in [0, 0.1) is 34.5 Å². The van der Waals surface area contributed by atoms with E-state index in [1.54, 1.807) is 6.92 Å². The smallest absolute Gasteiger partial charge is 0.303 e. The fraction of sp³-hybridized carbons (Fsp3) is 0.963. The number of methoxy groups -OCH3 is 3. The van der Waals surface area contributed by atoms with Crippen molar-refractivity contribution in [1.82, 2.24) is 4.90 Å². The molecule has 7 fully saturated rings. The summed E-state index contributed by atoms with van der Waals surface area (Å²) in [6, 6.07) is 0.0586. The van der Waals surface area contributed by atoms with Gasteiger partial charge in [-0.1, -0.05) is 13.8 Å². The Hall–Kier alpha value is -0.770. The molecule has 0 aromatic heterocycles. The molecule has 2 aliphatic heterocycles. The van der Waals surface area contributed by atoms with Gasteiger partial charge in [0.05, 0.1) is 24.4 Å². The van der Waals surface area contributed by atoms with Crippen molar-refractivity contribution in [2.45, 2.75) is 88.1 Å². The van der Waals surface area contributed by atoms with E-state index in [0.29, 0.717) is 11.8 Å². The molecule has 5 aliphatic carbocycles. The van der Waals surface area contributed by atoms with Crippen LogP contribution in [-0.4, -0.2) is 93.7 Å². The first-order valence-corrected chi connectivity index (χ1v) is 13.6. The molecule has 7 bridgehead atoms. The fourth-order valence-electron chi connectivity index (χ4n) is 11.7. The molecule has 0 radical (unpaired) electrons. The van der Waals surface area contributed by atoms with Crippen LogP contribution in [0.25, 0.3) is 0 Å². The molecular weight excluding hydrogens is 450 g/mol. The molecule has 0 aromatic rings. The van der Waals surface area contributed by atoms with Crippen molar-refractivity contribution < 1.29 is 33.2 Å². The fourth-order valence-corrected chi connectivity index (χ4v) is 11.7. The monoisotopic (exact) mass is 491 g/mol. The highest BCUT2D eigenvalue weighted by Crippen LogP contribution is 2.82. The molecule has 2 saturated heterocycles.